The van der Waals surface area contributed by atoms with Crippen LogP contribution in [0, 0.1) is 0 Å². The highest BCUT2D eigenvalue weighted by Gasteiger charge is 2.22. The quantitative estimate of drug-likeness (QED) is 0.786. The van der Waals surface area contributed by atoms with Crippen LogP contribution in [-0.2, 0) is 9.53 Å². The van der Waals surface area contributed by atoms with Crippen molar-refractivity contribution < 1.29 is 18.7 Å². The summed E-state index contributed by atoms with van der Waals surface area (Å²) in [7, 11) is 0. The molecule has 1 unspecified atom stereocenters. The van der Waals surface area contributed by atoms with Crippen molar-refractivity contribution in [3.05, 3.63) is 47.4 Å². The monoisotopic (exact) mass is 349 g/mol. The molecule has 3 N–H and O–H groups in total. The van der Waals surface area contributed by atoms with E-state index in [1.54, 1.807) is 30.3 Å². The van der Waals surface area contributed by atoms with Gasteiger partial charge in [-0.05, 0) is 30.3 Å². The lowest BCUT2D eigenvalue weighted by atomic mass is 10.2. The van der Waals surface area contributed by atoms with Crippen molar-refractivity contribution in [3.63, 3.8) is 0 Å². The van der Waals surface area contributed by atoms with E-state index >= 15 is 0 Å². The van der Waals surface area contributed by atoms with Crippen LogP contribution in [-0.4, -0.2) is 37.6 Å². The molecule has 1 atom stereocenters. The van der Waals surface area contributed by atoms with Gasteiger partial charge in [0.2, 0.25) is 0 Å². The van der Waals surface area contributed by atoms with E-state index < -0.39 is 12.0 Å². The summed E-state index contributed by atoms with van der Waals surface area (Å²) < 4.78 is 10.4. The molecule has 1 saturated heterocycles. The molecule has 3 rings (SSSR count). The highest BCUT2D eigenvalue weighted by molar-refractivity contribution is 6.34. The van der Waals surface area contributed by atoms with Crippen molar-refractivity contribution in [2.24, 2.45) is 0 Å². The van der Waals surface area contributed by atoms with Crippen molar-refractivity contribution in [1.82, 2.24) is 5.32 Å². The van der Waals surface area contributed by atoms with E-state index in [4.69, 9.17) is 20.8 Å². The van der Waals surface area contributed by atoms with Crippen molar-refractivity contribution in [2.75, 3.05) is 30.3 Å². The van der Waals surface area contributed by atoms with E-state index in [9.17, 15) is 9.59 Å². The second-order valence-corrected chi connectivity index (χ2v) is 5.59. The van der Waals surface area contributed by atoms with Crippen LogP contribution in [0.3, 0.4) is 0 Å². The summed E-state index contributed by atoms with van der Waals surface area (Å²) in [6.07, 6.45) is 0.882. The van der Waals surface area contributed by atoms with Gasteiger partial charge in [0, 0.05) is 18.8 Å². The van der Waals surface area contributed by atoms with Gasteiger partial charge >= 0.3 is 0 Å². The molecule has 2 heterocycles. The highest BCUT2D eigenvalue weighted by atomic mass is 35.5. The minimum atomic E-state index is -0.532. The first kappa shape index (κ1) is 16.5. The Morgan fingerprint density at radius 1 is 1.25 bits per heavy atom. The number of morpholine rings is 1. The van der Waals surface area contributed by atoms with Gasteiger partial charge in [-0.3, -0.25) is 9.59 Å². The number of furan rings is 1. The molecule has 1 aromatic carbocycles. The lowest BCUT2D eigenvalue weighted by Crippen LogP contribution is -2.45. The zero-order chi connectivity index (χ0) is 16.9. The van der Waals surface area contributed by atoms with E-state index in [-0.39, 0.29) is 11.7 Å². The topological polar surface area (TPSA) is 92.6 Å². The van der Waals surface area contributed by atoms with Crippen LogP contribution in [0.5, 0.6) is 0 Å². The van der Waals surface area contributed by atoms with Crippen LogP contribution >= 0.6 is 11.6 Å². The first-order valence-electron chi connectivity index (χ1n) is 7.41. The van der Waals surface area contributed by atoms with Crippen LogP contribution in [0.2, 0.25) is 5.02 Å². The van der Waals surface area contributed by atoms with Gasteiger partial charge in [-0.25, -0.2) is 0 Å². The SMILES string of the molecule is O=C(Nc1ccc(NC(=O)C2CNCCO2)cc1Cl)c1ccco1. The number of nitrogens with one attached hydrogen (secondary N) is 3. The molecule has 1 aliphatic rings. The Hall–Kier alpha value is -2.35. The normalized spacial score (nSPS) is 17.3. The number of halogens is 1. The number of ether oxygens (including phenoxy) is 1. The molecular formula is C16H16ClN3O4. The molecule has 1 aromatic heterocycles. The third kappa shape index (κ3) is 3.94. The Labute approximate surface area is 143 Å². The Morgan fingerprint density at radius 2 is 2.12 bits per heavy atom. The Morgan fingerprint density at radius 3 is 2.79 bits per heavy atom. The van der Waals surface area contributed by atoms with Crippen LogP contribution in [0.25, 0.3) is 0 Å². The second-order valence-electron chi connectivity index (χ2n) is 5.18. The zero-order valence-electron chi connectivity index (χ0n) is 12.7. The molecule has 1 fully saturated rings. The molecule has 7 nitrogen and oxygen atoms in total. The van der Waals surface area contributed by atoms with Gasteiger partial charge in [0.05, 0.1) is 23.6 Å². The third-order valence-corrected chi connectivity index (χ3v) is 3.76. The lowest BCUT2D eigenvalue weighted by Gasteiger charge is -2.22. The summed E-state index contributed by atoms with van der Waals surface area (Å²) in [6, 6.07) is 8.00. The maximum Gasteiger partial charge on any atom is 0.291 e. The van der Waals surface area contributed by atoms with Gasteiger partial charge in [0.15, 0.2) is 5.76 Å². The van der Waals surface area contributed by atoms with Gasteiger partial charge in [0.1, 0.15) is 6.10 Å². The van der Waals surface area contributed by atoms with Crippen LogP contribution in [0.1, 0.15) is 10.6 Å². The van der Waals surface area contributed by atoms with Crippen molar-refractivity contribution in [2.45, 2.75) is 6.10 Å². The fraction of sp³-hybridized carbons (Fsp3) is 0.250. The standard InChI is InChI=1S/C16H16ClN3O4/c17-11-8-10(19-16(22)14-9-18-5-7-24-14)3-4-12(11)20-15(21)13-2-1-6-23-13/h1-4,6,8,14,18H,5,7,9H2,(H,19,22)(H,20,21). The molecule has 8 heteroatoms. The van der Waals surface area contributed by atoms with E-state index in [0.717, 1.165) is 6.54 Å². The van der Waals surface area contributed by atoms with E-state index in [1.807, 2.05) is 0 Å². The molecule has 0 aliphatic carbocycles. The molecule has 126 valence electrons. The number of hydrogen-bond acceptors (Lipinski definition) is 5. The number of hydrogen-bond donors (Lipinski definition) is 3. The van der Waals surface area contributed by atoms with E-state index in [1.165, 1.54) is 6.26 Å². The second kappa shape index (κ2) is 7.48. The minimum Gasteiger partial charge on any atom is -0.459 e. The van der Waals surface area contributed by atoms with E-state index in [2.05, 4.69) is 16.0 Å². The number of amides is 2. The molecule has 2 aromatic rings. The van der Waals surface area contributed by atoms with E-state index in [0.29, 0.717) is 29.5 Å². The first-order chi connectivity index (χ1) is 11.6. The summed E-state index contributed by atoms with van der Waals surface area (Å²) in [4.78, 5) is 24.0. The van der Waals surface area contributed by atoms with Gasteiger partial charge < -0.3 is 25.1 Å². The van der Waals surface area contributed by atoms with Crippen molar-refractivity contribution in [1.29, 1.82) is 0 Å². The summed E-state index contributed by atoms with van der Waals surface area (Å²) in [6.45, 7) is 1.70. The zero-order valence-corrected chi connectivity index (χ0v) is 13.4. The summed E-state index contributed by atoms with van der Waals surface area (Å²) in [5.74, 6) is -0.462. The smallest absolute Gasteiger partial charge is 0.291 e. The fourth-order valence-corrected chi connectivity index (χ4v) is 2.47. The predicted octanol–water partition coefficient (Wildman–Crippen LogP) is 2.11. The maximum atomic E-state index is 12.1. The van der Waals surface area contributed by atoms with Crippen molar-refractivity contribution in [3.8, 4) is 0 Å². The molecule has 1 aliphatic heterocycles. The van der Waals surface area contributed by atoms with Crippen LogP contribution < -0.4 is 16.0 Å². The summed E-state index contributed by atoms with van der Waals surface area (Å²) in [5.41, 5.74) is 0.946. The minimum absolute atomic E-state index is 0.186. The lowest BCUT2D eigenvalue weighted by molar-refractivity contribution is -0.128. The maximum absolute atomic E-state index is 12.1. The Bertz CT molecular complexity index is 727. The van der Waals surface area contributed by atoms with Crippen LogP contribution in [0.4, 0.5) is 11.4 Å². The average molecular weight is 350 g/mol. The number of rotatable bonds is 4. The van der Waals surface area contributed by atoms with Crippen molar-refractivity contribution >= 4 is 34.8 Å². The van der Waals surface area contributed by atoms with Gasteiger partial charge in [-0.15, -0.1) is 0 Å². The Kier molecular flexibility index (Phi) is 5.14. The highest BCUT2D eigenvalue weighted by Crippen LogP contribution is 2.26. The van der Waals surface area contributed by atoms with Gasteiger partial charge in [-0.1, -0.05) is 11.6 Å². The van der Waals surface area contributed by atoms with Crippen LogP contribution in [0.15, 0.2) is 41.0 Å². The number of benzene rings is 1. The molecule has 0 spiro atoms. The van der Waals surface area contributed by atoms with Gasteiger partial charge in [0.25, 0.3) is 11.8 Å². The first-order valence-corrected chi connectivity index (χ1v) is 7.79. The summed E-state index contributed by atoms with van der Waals surface area (Å²) >= 11 is 6.16. The molecule has 0 radical (unpaired) electrons. The molecule has 0 bridgehead atoms. The van der Waals surface area contributed by atoms with Gasteiger partial charge in [-0.2, -0.15) is 0 Å². The summed E-state index contributed by atoms with van der Waals surface area (Å²) in [5, 5.41) is 8.78. The predicted molar refractivity (Wildman–Crippen MR) is 89.4 cm³/mol. The molecule has 2 amide bonds. The Balaban J connectivity index is 1.63. The molecule has 0 saturated carbocycles. The molecular weight excluding hydrogens is 334 g/mol. The molecule has 24 heavy (non-hydrogen) atoms. The fourth-order valence-electron chi connectivity index (χ4n) is 2.24. The third-order valence-electron chi connectivity index (χ3n) is 3.45. The number of carbonyl (C=O) groups excluding carboxylic acids is 2. The average Bonchev–Trinajstić information content (AvgIpc) is 3.13. The number of carbonyl (C=O) groups is 2. The largest absolute Gasteiger partial charge is 0.459 e. The number of anilines is 2.